The van der Waals surface area contributed by atoms with Crippen molar-refractivity contribution in [3.8, 4) is 5.75 Å². The van der Waals surface area contributed by atoms with E-state index in [0.717, 1.165) is 22.9 Å². The number of benzene rings is 1. The predicted octanol–water partition coefficient (Wildman–Crippen LogP) is 3.64. The molecular weight excluding hydrogens is 269 g/mol. The lowest BCUT2D eigenvalue weighted by Gasteiger charge is -2.04. The van der Waals surface area contributed by atoms with Crippen LogP contribution in [0.3, 0.4) is 0 Å². The number of thiazole rings is 1. The Morgan fingerprint density at radius 2 is 2.06 bits per heavy atom. The summed E-state index contributed by atoms with van der Waals surface area (Å²) in [6.07, 6.45) is 0.761. The lowest BCUT2D eigenvalue weighted by molar-refractivity contribution is 0.321. The molecule has 0 amide bonds. The molecule has 0 aliphatic heterocycles. The third kappa shape index (κ3) is 3.46. The van der Waals surface area contributed by atoms with Gasteiger partial charge in [-0.05, 0) is 31.2 Å². The average molecular weight is 283 g/mol. The number of rotatable bonds is 5. The maximum atomic E-state index is 12.7. The summed E-state index contributed by atoms with van der Waals surface area (Å²) in [5, 5.41) is 1.05. The van der Waals surface area contributed by atoms with Gasteiger partial charge in [0.05, 0.1) is 17.3 Å². The molecule has 0 fully saturated rings. The number of hydrogen-bond acceptors (Lipinski definition) is 4. The molecule has 2 nitrogen and oxygen atoms in total. The van der Waals surface area contributed by atoms with E-state index in [1.54, 1.807) is 23.5 Å². The smallest absolute Gasteiger partial charge is 0.123 e. The average Bonchev–Trinajstić information content (AvgIpc) is 2.72. The highest BCUT2D eigenvalue weighted by Crippen LogP contribution is 2.20. The number of hydrogen-bond donors (Lipinski definition) is 1. The van der Waals surface area contributed by atoms with Crippen LogP contribution in [-0.4, -0.2) is 11.6 Å². The maximum absolute atomic E-state index is 12.7. The Kier molecular flexibility index (Phi) is 4.60. The van der Waals surface area contributed by atoms with Crippen molar-refractivity contribution < 1.29 is 9.13 Å². The summed E-state index contributed by atoms with van der Waals surface area (Å²) < 4.78 is 18.2. The molecule has 18 heavy (non-hydrogen) atoms. The monoisotopic (exact) mass is 283 g/mol. The van der Waals surface area contributed by atoms with Crippen molar-refractivity contribution in [1.82, 2.24) is 4.98 Å². The summed E-state index contributed by atoms with van der Waals surface area (Å²) in [6.45, 7) is 2.54. The first kappa shape index (κ1) is 13.4. The van der Waals surface area contributed by atoms with Crippen LogP contribution in [-0.2, 0) is 12.2 Å². The number of ether oxygens (including phenoxy) is 1. The minimum atomic E-state index is -0.253. The zero-order valence-corrected chi connectivity index (χ0v) is 11.7. The van der Waals surface area contributed by atoms with Gasteiger partial charge in [0, 0.05) is 17.1 Å². The van der Waals surface area contributed by atoms with Crippen LogP contribution in [0.25, 0.3) is 0 Å². The Hall–Kier alpha value is -1.07. The van der Waals surface area contributed by atoms with Crippen LogP contribution in [0.1, 0.15) is 15.6 Å². The van der Waals surface area contributed by atoms with E-state index < -0.39 is 0 Å². The van der Waals surface area contributed by atoms with E-state index in [-0.39, 0.29) is 5.82 Å². The summed E-state index contributed by atoms with van der Waals surface area (Å²) in [5.74, 6) is 1.15. The van der Waals surface area contributed by atoms with E-state index in [2.05, 4.69) is 17.6 Å². The van der Waals surface area contributed by atoms with Crippen LogP contribution in [0.15, 0.2) is 24.3 Å². The van der Waals surface area contributed by atoms with Gasteiger partial charge in [-0.2, -0.15) is 12.6 Å². The first-order valence-corrected chi connectivity index (χ1v) is 7.08. The molecule has 0 saturated heterocycles. The molecule has 5 heteroatoms. The summed E-state index contributed by atoms with van der Waals surface area (Å²) in [6, 6.07) is 6.03. The zero-order chi connectivity index (χ0) is 13.0. The number of nitrogens with zero attached hydrogens (tertiary/aromatic N) is 1. The maximum Gasteiger partial charge on any atom is 0.123 e. The SMILES string of the molecule is Cc1nc(CCOc2ccc(F)cc2)sc1CS. The molecule has 0 unspecified atom stereocenters. The predicted molar refractivity (Wildman–Crippen MR) is 75.1 cm³/mol. The van der Waals surface area contributed by atoms with Crippen molar-refractivity contribution in [1.29, 1.82) is 0 Å². The molecule has 1 heterocycles. The molecule has 2 aromatic rings. The van der Waals surface area contributed by atoms with Gasteiger partial charge in [-0.25, -0.2) is 9.37 Å². The Morgan fingerprint density at radius 1 is 1.33 bits per heavy atom. The van der Waals surface area contributed by atoms with Crippen molar-refractivity contribution in [2.24, 2.45) is 0 Å². The molecule has 1 aromatic carbocycles. The third-order valence-electron chi connectivity index (χ3n) is 2.48. The van der Waals surface area contributed by atoms with Gasteiger partial charge >= 0.3 is 0 Å². The lowest BCUT2D eigenvalue weighted by Crippen LogP contribution is -2.01. The quantitative estimate of drug-likeness (QED) is 0.846. The summed E-state index contributed by atoms with van der Waals surface area (Å²) in [4.78, 5) is 5.66. The topological polar surface area (TPSA) is 22.1 Å². The molecule has 1 aromatic heterocycles. The van der Waals surface area contributed by atoms with Gasteiger partial charge in [-0.3, -0.25) is 0 Å². The highest BCUT2D eigenvalue weighted by atomic mass is 32.1. The van der Waals surface area contributed by atoms with E-state index in [1.165, 1.54) is 17.0 Å². The van der Waals surface area contributed by atoms with E-state index in [9.17, 15) is 4.39 Å². The van der Waals surface area contributed by atoms with E-state index in [4.69, 9.17) is 4.74 Å². The Balaban J connectivity index is 1.86. The fourth-order valence-corrected chi connectivity index (χ4v) is 2.86. The van der Waals surface area contributed by atoms with E-state index in [1.807, 2.05) is 6.92 Å². The standard InChI is InChI=1S/C13H14FNOS2/c1-9-12(8-17)18-13(15-9)6-7-16-11-4-2-10(14)3-5-11/h2-5,17H,6-8H2,1H3. The second kappa shape index (κ2) is 6.20. The molecule has 0 spiro atoms. The van der Waals surface area contributed by atoms with Crippen molar-refractivity contribution >= 4 is 24.0 Å². The number of aryl methyl sites for hydroxylation is 1. The molecule has 0 aliphatic carbocycles. The number of thiol groups is 1. The zero-order valence-electron chi connectivity index (χ0n) is 10.0. The number of halogens is 1. The molecule has 0 aliphatic rings. The Labute approximate surface area is 115 Å². The van der Waals surface area contributed by atoms with Crippen molar-refractivity contribution in [2.75, 3.05) is 6.61 Å². The van der Waals surface area contributed by atoms with Gasteiger partial charge in [0.15, 0.2) is 0 Å². The van der Waals surface area contributed by atoms with Crippen LogP contribution >= 0.6 is 24.0 Å². The molecule has 0 N–H and O–H groups in total. The first-order chi connectivity index (χ1) is 8.69. The fourth-order valence-electron chi connectivity index (χ4n) is 1.53. The van der Waals surface area contributed by atoms with Gasteiger partial charge in [-0.1, -0.05) is 0 Å². The molecule has 96 valence electrons. The molecule has 0 saturated carbocycles. The second-order valence-corrected chi connectivity index (χ2v) is 5.31. The van der Waals surface area contributed by atoms with Crippen LogP contribution < -0.4 is 4.74 Å². The van der Waals surface area contributed by atoms with Crippen LogP contribution in [0.4, 0.5) is 4.39 Å². The Morgan fingerprint density at radius 3 is 2.67 bits per heavy atom. The fraction of sp³-hybridized carbons (Fsp3) is 0.308. The Bertz CT molecular complexity index is 510. The highest BCUT2D eigenvalue weighted by molar-refractivity contribution is 7.79. The molecule has 0 atom stereocenters. The van der Waals surface area contributed by atoms with Gasteiger partial charge in [0.2, 0.25) is 0 Å². The van der Waals surface area contributed by atoms with Gasteiger partial charge in [0.25, 0.3) is 0 Å². The summed E-state index contributed by atoms with van der Waals surface area (Å²) in [7, 11) is 0. The second-order valence-electron chi connectivity index (χ2n) is 3.83. The highest BCUT2D eigenvalue weighted by Gasteiger charge is 2.06. The van der Waals surface area contributed by atoms with Crippen LogP contribution in [0.5, 0.6) is 5.75 Å². The largest absolute Gasteiger partial charge is 0.493 e. The first-order valence-electron chi connectivity index (χ1n) is 5.63. The number of aromatic nitrogens is 1. The molecule has 0 bridgehead atoms. The summed E-state index contributed by atoms with van der Waals surface area (Å²) in [5.41, 5.74) is 1.05. The van der Waals surface area contributed by atoms with Crippen LogP contribution in [0.2, 0.25) is 0 Å². The van der Waals surface area contributed by atoms with E-state index >= 15 is 0 Å². The van der Waals surface area contributed by atoms with E-state index in [0.29, 0.717) is 12.4 Å². The summed E-state index contributed by atoms with van der Waals surface area (Å²) >= 11 is 5.92. The van der Waals surface area contributed by atoms with Crippen molar-refractivity contribution in [2.45, 2.75) is 19.1 Å². The van der Waals surface area contributed by atoms with Crippen molar-refractivity contribution in [3.63, 3.8) is 0 Å². The van der Waals surface area contributed by atoms with Gasteiger partial charge in [-0.15, -0.1) is 11.3 Å². The normalized spacial score (nSPS) is 10.6. The minimum absolute atomic E-state index is 0.253. The lowest BCUT2D eigenvalue weighted by atomic mass is 10.3. The van der Waals surface area contributed by atoms with Crippen LogP contribution in [0, 0.1) is 12.7 Å². The molecule has 2 rings (SSSR count). The van der Waals surface area contributed by atoms with Gasteiger partial charge in [0.1, 0.15) is 11.6 Å². The third-order valence-corrected chi connectivity index (χ3v) is 4.23. The van der Waals surface area contributed by atoms with Crippen molar-refractivity contribution in [3.05, 3.63) is 45.7 Å². The van der Waals surface area contributed by atoms with Gasteiger partial charge < -0.3 is 4.74 Å². The molecule has 0 radical (unpaired) electrons. The molecular formula is C13H14FNOS2. The minimum Gasteiger partial charge on any atom is -0.493 e.